The maximum absolute atomic E-state index is 13.3. The molecular formula is C30H36N2O5. The Kier molecular flexibility index (Phi) is 9.49. The number of aliphatic hydroxyl groups excluding tert-OH is 1. The molecule has 2 aliphatic heterocycles. The molecule has 0 spiro atoms. The molecular weight excluding hydrogens is 468 g/mol. The summed E-state index contributed by atoms with van der Waals surface area (Å²) in [5, 5.41) is 12.6. The standard InChI is InChI=1S/C30H36N2O5/c33-21-26-16-9-17-32(26)28(34)19-24-14-7-8-15-25(18-22-10-3-1-4-11-22)30(36)37-27(20-31-29(24)35)23-12-5-2-6-13-23/h1-8,10-13,24-27,33H,9,14-21H2,(H,31,35). The van der Waals surface area contributed by atoms with Crippen LogP contribution in [-0.2, 0) is 25.5 Å². The molecule has 7 nitrogen and oxygen atoms in total. The Morgan fingerprint density at radius 3 is 2.35 bits per heavy atom. The van der Waals surface area contributed by atoms with Gasteiger partial charge in [-0.05, 0) is 43.2 Å². The van der Waals surface area contributed by atoms with Gasteiger partial charge in [-0.2, -0.15) is 0 Å². The highest BCUT2D eigenvalue weighted by Gasteiger charge is 2.32. The number of carbonyl (C=O) groups is 3. The average molecular weight is 505 g/mol. The van der Waals surface area contributed by atoms with Crippen LogP contribution in [0.15, 0.2) is 72.8 Å². The lowest BCUT2D eigenvalue weighted by Gasteiger charge is -2.26. The number of allylic oxidation sites excluding steroid dienone is 2. The van der Waals surface area contributed by atoms with Gasteiger partial charge >= 0.3 is 5.97 Å². The van der Waals surface area contributed by atoms with Gasteiger partial charge in [-0.3, -0.25) is 14.4 Å². The lowest BCUT2D eigenvalue weighted by Crippen LogP contribution is -2.41. The van der Waals surface area contributed by atoms with E-state index < -0.39 is 12.0 Å². The zero-order valence-corrected chi connectivity index (χ0v) is 21.1. The number of hydrogen-bond donors (Lipinski definition) is 2. The van der Waals surface area contributed by atoms with Crippen LogP contribution in [0, 0.1) is 11.8 Å². The molecule has 2 aromatic rings. The molecule has 4 rings (SSSR count). The van der Waals surface area contributed by atoms with Gasteiger partial charge in [0.05, 0.1) is 31.0 Å². The van der Waals surface area contributed by atoms with Gasteiger partial charge in [-0.1, -0.05) is 72.8 Å². The van der Waals surface area contributed by atoms with Gasteiger partial charge in [0.1, 0.15) is 6.10 Å². The van der Waals surface area contributed by atoms with Crippen molar-refractivity contribution in [3.05, 3.63) is 83.9 Å². The average Bonchev–Trinajstić information content (AvgIpc) is 3.41. The first kappa shape index (κ1) is 26.6. The minimum atomic E-state index is -0.631. The Balaban J connectivity index is 1.54. The van der Waals surface area contributed by atoms with E-state index >= 15 is 0 Å². The Morgan fingerprint density at radius 1 is 0.973 bits per heavy atom. The summed E-state index contributed by atoms with van der Waals surface area (Å²) in [6, 6.07) is 19.1. The maximum Gasteiger partial charge on any atom is 0.310 e. The van der Waals surface area contributed by atoms with E-state index in [0.717, 1.165) is 24.0 Å². The van der Waals surface area contributed by atoms with E-state index in [1.165, 1.54) is 0 Å². The Labute approximate surface area is 218 Å². The highest BCUT2D eigenvalue weighted by atomic mass is 16.5. The van der Waals surface area contributed by atoms with E-state index in [4.69, 9.17) is 4.74 Å². The third-order valence-electron chi connectivity index (χ3n) is 7.26. The molecule has 1 fully saturated rings. The molecule has 2 amide bonds. The normalized spacial score (nSPS) is 25.1. The highest BCUT2D eigenvalue weighted by Crippen LogP contribution is 2.25. The Hall–Kier alpha value is -3.45. The van der Waals surface area contributed by atoms with Crippen molar-refractivity contribution in [2.24, 2.45) is 11.8 Å². The third-order valence-corrected chi connectivity index (χ3v) is 7.26. The molecule has 7 heteroatoms. The summed E-state index contributed by atoms with van der Waals surface area (Å²) >= 11 is 0. The second-order valence-electron chi connectivity index (χ2n) is 9.88. The van der Waals surface area contributed by atoms with Crippen LogP contribution >= 0.6 is 0 Å². The van der Waals surface area contributed by atoms with Gasteiger partial charge in [-0.25, -0.2) is 0 Å². The molecule has 0 aliphatic carbocycles. The van der Waals surface area contributed by atoms with Crippen LogP contribution in [-0.4, -0.2) is 53.5 Å². The molecule has 4 unspecified atom stereocenters. The first-order chi connectivity index (χ1) is 18.0. The van der Waals surface area contributed by atoms with Crippen LogP contribution in [0.5, 0.6) is 0 Å². The van der Waals surface area contributed by atoms with E-state index in [0.29, 0.717) is 25.8 Å². The number of amides is 2. The largest absolute Gasteiger partial charge is 0.455 e. The fourth-order valence-electron chi connectivity index (χ4n) is 5.12. The predicted octanol–water partition coefficient (Wildman–Crippen LogP) is 3.59. The topological polar surface area (TPSA) is 95.9 Å². The van der Waals surface area contributed by atoms with Gasteiger partial charge in [0, 0.05) is 13.0 Å². The lowest BCUT2D eigenvalue weighted by molar-refractivity contribution is -0.155. The van der Waals surface area contributed by atoms with Crippen LogP contribution in [0.25, 0.3) is 0 Å². The quantitative estimate of drug-likeness (QED) is 0.463. The number of benzene rings is 2. The number of rotatable bonds is 6. The second-order valence-corrected chi connectivity index (χ2v) is 9.88. The maximum atomic E-state index is 13.3. The zero-order valence-electron chi connectivity index (χ0n) is 21.1. The van der Waals surface area contributed by atoms with Crippen molar-refractivity contribution in [3.8, 4) is 0 Å². The van der Waals surface area contributed by atoms with Crippen LogP contribution in [0.1, 0.15) is 49.3 Å². The summed E-state index contributed by atoms with van der Waals surface area (Å²) in [6.45, 7) is 0.681. The van der Waals surface area contributed by atoms with Crippen molar-refractivity contribution < 1.29 is 24.2 Å². The molecule has 0 radical (unpaired) electrons. The molecule has 0 aromatic heterocycles. The van der Waals surface area contributed by atoms with E-state index in [-0.39, 0.29) is 49.3 Å². The summed E-state index contributed by atoms with van der Waals surface area (Å²) in [5.41, 5.74) is 1.86. The fourth-order valence-corrected chi connectivity index (χ4v) is 5.12. The van der Waals surface area contributed by atoms with Crippen LogP contribution in [0.3, 0.4) is 0 Å². The van der Waals surface area contributed by atoms with Crippen molar-refractivity contribution in [3.63, 3.8) is 0 Å². The number of nitrogens with zero attached hydrogens (tertiary/aromatic N) is 1. The number of hydrogen-bond acceptors (Lipinski definition) is 5. The zero-order chi connectivity index (χ0) is 26.0. The van der Waals surface area contributed by atoms with E-state index in [1.54, 1.807) is 4.90 Å². The van der Waals surface area contributed by atoms with Crippen molar-refractivity contribution >= 4 is 17.8 Å². The second kappa shape index (κ2) is 13.2. The van der Waals surface area contributed by atoms with Gasteiger partial charge in [0.25, 0.3) is 0 Å². The molecule has 2 heterocycles. The molecule has 196 valence electrons. The van der Waals surface area contributed by atoms with Gasteiger partial charge < -0.3 is 20.1 Å². The number of ether oxygens (including phenoxy) is 1. The first-order valence-electron chi connectivity index (χ1n) is 13.2. The number of aliphatic hydroxyl groups is 1. The van der Waals surface area contributed by atoms with Gasteiger partial charge in [-0.15, -0.1) is 0 Å². The minimum Gasteiger partial charge on any atom is -0.455 e. The van der Waals surface area contributed by atoms with Crippen LogP contribution < -0.4 is 5.32 Å². The lowest BCUT2D eigenvalue weighted by atomic mass is 9.94. The molecule has 1 saturated heterocycles. The Morgan fingerprint density at radius 2 is 1.65 bits per heavy atom. The molecule has 2 N–H and O–H groups in total. The van der Waals surface area contributed by atoms with E-state index in [2.05, 4.69) is 5.32 Å². The summed E-state index contributed by atoms with van der Waals surface area (Å²) < 4.78 is 5.98. The van der Waals surface area contributed by atoms with E-state index in [1.807, 2.05) is 72.8 Å². The molecule has 0 bridgehead atoms. The van der Waals surface area contributed by atoms with Crippen molar-refractivity contribution in [1.82, 2.24) is 10.2 Å². The van der Waals surface area contributed by atoms with E-state index in [9.17, 15) is 19.5 Å². The van der Waals surface area contributed by atoms with Crippen molar-refractivity contribution in [2.75, 3.05) is 19.7 Å². The number of nitrogens with one attached hydrogen (secondary N) is 1. The summed E-state index contributed by atoms with van der Waals surface area (Å²) in [5.74, 6) is -1.55. The van der Waals surface area contributed by atoms with Crippen molar-refractivity contribution in [1.29, 1.82) is 0 Å². The van der Waals surface area contributed by atoms with Gasteiger partial charge in [0.2, 0.25) is 11.8 Å². The number of likely N-dealkylation sites (tertiary alicyclic amines) is 1. The monoisotopic (exact) mass is 504 g/mol. The molecule has 2 aromatic carbocycles. The third kappa shape index (κ3) is 7.29. The van der Waals surface area contributed by atoms with Crippen LogP contribution in [0.2, 0.25) is 0 Å². The summed E-state index contributed by atoms with van der Waals surface area (Å²) in [6.07, 6.45) is 6.35. The molecule has 2 aliphatic rings. The molecule has 37 heavy (non-hydrogen) atoms. The molecule has 4 atom stereocenters. The van der Waals surface area contributed by atoms with Gasteiger partial charge in [0.15, 0.2) is 0 Å². The minimum absolute atomic E-state index is 0.0601. The summed E-state index contributed by atoms with van der Waals surface area (Å²) in [7, 11) is 0. The van der Waals surface area contributed by atoms with Crippen molar-refractivity contribution in [2.45, 2.75) is 50.7 Å². The summed E-state index contributed by atoms with van der Waals surface area (Å²) in [4.78, 5) is 41.2. The number of carbonyl (C=O) groups excluding carboxylic acids is 3. The smallest absolute Gasteiger partial charge is 0.310 e. The fraction of sp³-hybridized carbons (Fsp3) is 0.433. The Bertz CT molecular complexity index is 1070. The molecule has 0 saturated carbocycles. The predicted molar refractivity (Wildman–Crippen MR) is 140 cm³/mol. The van der Waals surface area contributed by atoms with Crippen LogP contribution in [0.4, 0.5) is 0 Å². The number of cyclic esters (lactones) is 1. The first-order valence-corrected chi connectivity index (χ1v) is 13.2. The highest BCUT2D eigenvalue weighted by molar-refractivity contribution is 5.86. The number of esters is 1. The SMILES string of the molecule is O=C1NCC(c2ccccc2)OC(=O)C(Cc2ccccc2)CC=CCC1CC(=O)N1CCCC1CO.